The predicted octanol–water partition coefficient (Wildman–Crippen LogP) is 2.27. The van der Waals surface area contributed by atoms with E-state index >= 15 is 0 Å². The summed E-state index contributed by atoms with van der Waals surface area (Å²) >= 11 is 0. The topological polar surface area (TPSA) is 63.2 Å². The van der Waals surface area contributed by atoms with E-state index in [1.54, 1.807) is 14.2 Å². The van der Waals surface area contributed by atoms with Crippen LogP contribution in [0.4, 0.5) is 0 Å². The molecule has 2 N–H and O–H groups in total. The molecule has 158 valence electrons. The van der Waals surface area contributed by atoms with E-state index in [1.165, 1.54) is 11.1 Å². The van der Waals surface area contributed by atoms with Crippen molar-refractivity contribution in [2.24, 2.45) is 0 Å². The van der Waals surface area contributed by atoms with Crippen LogP contribution >= 0.6 is 0 Å². The standard InChI is InChI=1S/C23H32N2O4/c1-27-21-7-3-18(4-8-21)15-23(19-5-9-22(28-2)10-6-19)24-16-20(26)17-25-11-13-29-14-12-25/h3-10,20,23-24,26H,11-17H2,1-2H3/t20-,23+/m0/s1. The Kier molecular flexibility index (Phi) is 8.31. The summed E-state index contributed by atoms with van der Waals surface area (Å²) in [6.07, 6.45) is 0.394. The van der Waals surface area contributed by atoms with Crippen molar-refractivity contribution in [3.63, 3.8) is 0 Å². The molecule has 6 nitrogen and oxygen atoms in total. The highest BCUT2D eigenvalue weighted by molar-refractivity contribution is 5.32. The number of aliphatic hydroxyl groups excluding tert-OH is 1. The molecule has 0 unspecified atom stereocenters. The molecule has 0 amide bonds. The molecule has 3 rings (SSSR count). The molecule has 1 heterocycles. The first-order valence-electron chi connectivity index (χ1n) is 10.2. The van der Waals surface area contributed by atoms with Gasteiger partial charge in [0.05, 0.1) is 33.5 Å². The van der Waals surface area contributed by atoms with E-state index in [2.05, 4.69) is 34.5 Å². The third kappa shape index (κ3) is 6.72. The van der Waals surface area contributed by atoms with E-state index in [0.717, 1.165) is 44.2 Å². The summed E-state index contributed by atoms with van der Waals surface area (Å²) in [5, 5.41) is 14.1. The van der Waals surface area contributed by atoms with Gasteiger partial charge < -0.3 is 24.6 Å². The third-order valence-electron chi connectivity index (χ3n) is 5.29. The number of morpholine rings is 1. The van der Waals surface area contributed by atoms with E-state index in [9.17, 15) is 5.11 Å². The molecule has 0 radical (unpaired) electrons. The number of hydrogen-bond donors (Lipinski definition) is 2. The summed E-state index contributed by atoms with van der Waals surface area (Å²) in [6, 6.07) is 16.3. The summed E-state index contributed by atoms with van der Waals surface area (Å²) in [6.45, 7) is 4.44. The Balaban J connectivity index is 1.63. The smallest absolute Gasteiger partial charge is 0.118 e. The maximum absolute atomic E-state index is 10.5. The molecule has 1 aliphatic heterocycles. The van der Waals surface area contributed by atoms with Crippen molar-refractivity contribution in [3.05, 3.63) is 59.7 Å². The number of rotatable bonds is 10. The Morgan fingerprint density at radius 3 is 2.14 bits per heavy atom. The molecule has 29 heavy (non-hydrogen) atoms. The number of nitrogens with zero attached hydrogens (tertiary/aromatic N) is 1. The molecule has 1 saturated heterocycles. The Morgan fingerprint density at radius 1 is 0.966 bits per heavy atom. The van der Waals surface area contributed by atoms with Gasteiger partial charge in [0, 0.05) is 32.2 Å². The van der Waals surface area contributed by atoms with Crippen LogP contribution in [0.5, 0.6) is 11.5 Å². The van der Waals surface area contributed by atoms with Crippen LogP contribution in [0.15, 0.2) is 48.5 Å². The number of ether oxygens (including phenoxy) is 3. The van der Waals surface area contributed by atoms with E-state index in [-0.39, 0.29) is 6.04 Å². The fourth-order valence-corrected chi connectivity index (χ4v) is 3.57. The van der Waals surface area contributed by atoms with Crippen LogP contribution in [0, 0.1) is 0 Å². The van der Waals surface area contributed by atoms with Crippen molar-refractivity contribution in [3.8, 4) is 11.5 Å². The van der Waals surface area contributed by atoms with Crippen LogP contribution in [0.25, 0.3) is 0 Å². The molecule has 0 saturated carbocycles. The van der Waals surface area contributed by atoms with Gasteiger partial charge in [-0.15, -0.1) is 0 Å². The SMILES string of the molecule is COc1ccc(C[C@@H](NC[C@H](O)CN2CCOCC2)c2ccc(OC)cc2)cc1. The number of β-amino-alcohol motifs (C(OH)–C–C–N with tert-alkyl or cyclic N) is 1. The summed E-state index contributed by atoms with van der Waals surface area (Å²) < 4.78 is 15.9. The van der Waals surface area contributed by atoms with E-state index in [0.29, 0.717) is 13.1 Å². The largest absolute Gasteiger partial charge is 0.497 e. The van der Waals surface area contributed by atoms with Crippen molar-refractivity contribution in [2.45, 2.75) is 18.6 Å². The van der Waals surface area contributed by atoms with Gasteiger partial charge in [0.1, 0.15) is 11.5 Å². The summed E-state index contributed by atoms with van der Waals surface area (Å²) in [4.78, 5) is 2.25. The fraction of sp³-hybridized carbons (Fsp3) is 0.478. The van der Waals surface area contributed by atoms with Gasteiger partial charge in [0.15, 0.2) is 0 Å². The lowest BCUT2D eigenvalue weighted by Gasteiger charge is -2.29. The first-order chi connectivity index (χ1) is 14.2. The number of nitrogens with one attached hydrogen (secondary N) is 1. The van der Waals surface area contributed by atoms with Crippen molar-refractivity contribution in [1.29, 1.82) is 0 Å². The van der Waals surface area contributed by atoms with Gasteiger partial charge in [0.25, 0.3) is 0 Å². The van der Waals surface area contributed by atoms with E-state index in [4.69, 9.17) is 14.2 Å². The molecule has 0 spiro atoms. The molecule has 2 atom stereocenters. The maximum Gasteiger partial charge on any atom is 0.118 e. The molecule has 2 aromatic carbocycles. The quantitative estimate of drug-likeness (QED) is 0.638. The van der Waals surface area contributed by atoms with Crippen molar-refractivity contribution in [2.75, 3.05) is 53.6 Å². The van der Waals surface area contributed by atoms with Gasteiger partial charge in [0.2, 0.25) is 0 Å². The van der Waals surface area contributed by atoms with Crippen molar-refractivity contribution in [1.82, 2.24) is 10.2 Å². The molecule has 0 aliphatic carbocycles. The van der Waals surface area contributed by atoms with Gasteiger partial charge in [-0.1, -0.05) is 24.3 Å². The van der Waals surface area contributed by atoms with Crippen LogP contribution in [0.3, 0.4) is 0 Å². The van der Waals surface area contributed by atoms with Gasteiger partial charge in [-0.05, 0) is 41.8 Å². The summed E-state index contributed by atoms with van der Waals surface area (Å²) in [5.74, 6) is 1.69. The van der Waals surface area contributed by atoms with Crippen LogP contribution in [-0.4, -0.2) is 69.7 Å². The maximum atomic E-state index is 10.5. The number of methoxy groups -OCH3 is 2. The third-order valence-corrected chi connectivity index (χ3v) is 5.29. The number of hydrogen-bond acceptors (Lipinski definition) is 6. The molecular formula is C23H32N2O4. The first kappa shape index (κ1) is 21.6. The normalized spacial score (nSPS) is 16.9. The molecular weight excluding hydrogens is 368 g/mol. The fourth-order valence-electron chi connectivity index (χ4n) is 3.57. The van der Waals surface area contributed by atoms with Crippen LogP contribution in [0.1, 0.15) is 17.2 Å². The lowest BCUT2D eigenvalue weighted by atomic mass is 9.98. The molecule has 1 aliphatic rings. The summed E-state index contributed by atoms with van der Waals surface area (Å²) in [7, 11) is 3.34. The summed E-state index contributed by atoms with van der Waals surface area (Å²) in [5.41, 5.74) is 2.38. The highest BCUT2D eigenvalue weighted by Gasteiger charge is 2.18. The minimum absolute atomic E-state index is 0.0913. The van der Waals surface area contributed by atoms with Crippen LogP contribution < -0.4 is 14.8 Å². The zero-order valence-corrected chi connectivity index (χ0v) is 17.3. The molecule has 0 bridgehead atoms. The predicted molar refractivity (Wildman–Crippen MR) is 114 cm³/mol. The average Bonchev–Trinajstić information content (AvgIpc) is 2.78. The lowest BCUT2D eigenvalue weighted by Crippen LogP contribution is -2.44. The van der Waals surface area contributed by atoms with E-state index in [1.807, 2.05) is 24.3 Å². The average molecular weight is 401 g/mol. The lowest BCUT2D eigenvalue weighted by molar-refractivity contribution is 0.0144. The van der Waals surface area contributed by atoms with Gasteiger partial charge in [-0.2, -0.15) is 0 Å². The molecule has 1 fully saturated rings. The first-order valence-corrected chi connectivity index (χ1v) is 10.2. The van der Waals surface area contributed by atoms with Gasteiger partial charge in [-0.3, -0.25) is 4.90 Å². The molecule has 6 heteroatoms. The van der Waals surface area contributed by atoms with Gasteiger partial charge >= 0.3 is 0 Å². The highest BCUT2D eigenvalue weighted by Crippen LogP contribution is 2.23. The minimum Gasteiger partial charge on any atom is -0.497 e. The minimum atomic E-state index is -0.426. The molecule has 0 aromatic heterocycles. The second-order valence-electron chi connectivity index (χ2n) is 7.35. The Bertz CT molecular complexity index is 715. The van der Waals surface area contributed by atoms with E-state index < -0.39 is 6.10 Å². The zero-order chi connectivity index (χ0) is 20.5. The Labute approximate surface area is 173 Å². The van der Waals surface area contributed by atoms with Crippen LogP contribution in [0.2, 0.25) is 0 Å². The Hall–Kier alpha value is -2.12. The monoisotopic (exact) mass is 400 g/mol. The van der Waals surface area contributed by atoms with Crippen molar-refractivity contribution < 1.29 is 19.3 Å². The second kappa shape index (κ2) is 11.2. The van der Waals surface area contributed by atoms with Gasteiger partial charge in [-0.25, -0.2) is 0 Å². The zero-order valence-electron chi connectivity index (χ0n) is 17.3. The number of benzene rings is 2. The van der Waals surface area contributed by atoms with Crippen LogP contribution in [-0.2, 0) is 11.2 Å². The van der Waals surface area contributed by atoms with Crippen molar-refractivity contribution >= 4 is 0 Å². The Morgan fingerprint density at radius 2 is 1.55 bits per heavy atom. The number of aliphatic hydroxyl groups is 1. The second-order valence-corrected chi connectivity index (χ2v) is 7.35. The molecule has 2 aromatic rings. The highest BCUT2D eigenvalue weighted by atomic mass is 16.5.